The van der Waals surface area contributed by atoms with Crippen LogP contribution in [0.25, 0.3) is 0 Å². The van der Waals surface area contributed by atoms with Gasteiger partial charge in [0.1, 0.15) is 0 Å². The minimum absolute atomic E-state index is 0.258. The molecule has 0 fully saturated rings. The van der Waals surface area contributed by atoms with E-state index in [1.165, 1.54) is 18.4 Å². The zero-order valence-corrected chi connectivity index (χ0v) is 11.0. The summed E-state index contributed by atoms with van der Waals surface area (Å²) in [5.41, 5.74) is 1.40. The predicted molar refractivity (Wildman–Crippen MR) is 73.1 cm³/mol. The molecule has 1 rings (SSSR count). The van der Waals surface area contributed by atoms with Gasteiger partial charge in [0.15, 0.2) is 0 Å². The molecule has 2 unspecified atom stereocenters. The summed E-state index contributed by atoms with van der Waals surface area (Å²) in [6.07, 6.45) is 4.36. The van der Waals surface area contributed by atoms with Crippen LogP contribution in [0.4, 0.5) is 0 Å². The summed E-state index contributed by atoms with van der Waals surface area (Å²) >= 11 is 0. The van der Waals surface area contributed by atoms with Gasteiger partial charge in [-0.1, -0.05) is 43.7 Å². The quantitative estimate of drug-likeness (QED) is 0.726. The van der Waals surface area contributed by atoms with E-state index in [1.807, 2.05) is 6.92 Å². The second kappa shape index (κ2) is 8.26. The lowest BCUT2D eigenvalue weighted by Gasteiger charge is -2.19. The minimum Gasteiger partial charge on any atom is -0.392 e. The highest BCUT2D eigenvalue weighted by molar-refractivity contribution is 5.14. The van der Waals surface area contributed by atoms with E-state index in [0.29, 0.717) is 12.6 Å². The molecule has 0 amide bonds. The number of aryl methyl sites for hydroxylation is 1. The van der Waals surface area contributed by atoms with Crippen LogP contribution >= 0.6 is 0 Å². The van der Waals surface area contributed by atoms with Crippen molar-refractivity contribution in [2.45, 2.75) is 51.7 Å². The van der Waals surface area contributed by atoms with Gasteiger partial charge in [0.2, 0.25) is 0 Å². The van der Waals surface area contributed by atoms with E-state index in [4.69, 9.17) is 0 Å². The van der Waals surface area contributed by atoms with Gasteiger partial charge in [0, 0.05) is 12.6 Å². The summed E-state index contributed by atoms with van der Waals surface area (Å²) in [6, 6.07) is 11.1. The average molecular weight is 235 g/mol. The molecule has 0 aliphatic heterocycles. The Labute approximate surface area is 105 Å². The van der Waals surface area contributed by atoms with E-state index < -0.39 is 0 Å². The first kappa shape index (κ1) is 14.2. The second-order valence-corrected chi connectivity index (χ2v) is 4.77. The van der Waals surface area contributed by atoms with Gasteiger partial charge in [0.25, 0.3) is 0 Å². The van der Waals surface area contributed by atoms with Crippen molar-refractivity contribution in [1.82, 2.24) is 5.32 Å². The van der Waals surface area contributed by atoms with Gasteiger partial charge in [-0.15, -0.1) is 0 Å². The lowest BCUT2D eigenvalue weighted by Crippen LogP contribution is -2.34. The molecule has 0 aliphatic rings. The Hall–Kier alpha value is -0.860. The molecule has 0 aromatic heterocycles. The predicted octanol–water partition coefficient (Wildman–Crippen LogP) is 2.76. The molecule has 2 atom stereocenters. The molecule has 0 radical (unpaired) electrons. The van der Waals surface area contributed by atoms with Crippen molar-refractivity contribution in [3.8, 4) is 0 Å². The Kier molecular flexibility index (Phi) is 6.90. The number of rotatable bonds is 8. The Morgan fingerprint density at radius 1 is 1.18 bits per heavy atom. The molecular formula is C15H25NO. The summed E-state index contributed by atoms with van der Waals surface area (Å²) in [4.78, 5) is 0. The summed E-state index contributed by atoms with van der Waals surface area (Å²) in [6.45, 7) is 4.73. The summed E-state index contributed by atoms with van der Waals surface area (Å²) in [5.74, 6) is 0. The first-order chi connectivity index (χ1) is 8.22. The molecule has 96 valence electrons. The fourth-order valence-corrected chi connectivity index (χ4v) is 2.02. The number of aliphatic hydroxyl groups excluding tert-OH is 1. The van der Waals surface area contributed by atoms with E-state index in [-0.39, 0.29) is 6.10 Å². The SMILES string of the molecule is CCCC(CCc1ccccc1)NCC(C)O. The Balaban J connectivity index is 2.33. The molecule has 1 aromatic rings. The molecule has 0 saturated carbocycles. The second-order valence-electron chi connectivity index (χ2n) is 4.77. The molecule has 2 N–H and O–H groups in total. The van der Waals surface area contributed by atoms with Gasteiger partial charge in [-0.2, -0.15) is 0 Å². The van der Waals surface area contributed by atoms with Crippen LogP contribution < -0.4 is 5.32 Å². The van der Waals surface area contributed by atoms with Gasteiger partial charge in [-0.25, -0.2) is 0 Å². The summed E-state index contributed by atoms with van der Waals surface area (Å²) < 4.78 is 0. The largest absolute Gasteiger partial charge is 0.392 e. The van der Waals surface area contributed by atoms with Gasteiger partial charge in [-0.3, -0.25) is 0 Å². The van der Waals surface area contributed by atoms with Crippen LogP contribution in [0.5, 0.6) is 0 Å². The van der Waals surface area contributed by atoms with Crippen molar-refractivity contribution < 1.29 is 5.11 Å². The molecule has 0 saturated heterocycles. The molecule has 0 spiro atoms. The van der Waals surface area contributed by atoms with Crippen LogP contribution in [0, 0.1) is 0 Å². The first-order valence-electron chi connectivity index (χ1n) is 6.67. The molecule has 17 heavy (non-hydrogen) atoms. The van der Waals surface area contributed by atoms with Gasteiger partial charge in [0.05, 0.1) is 6.10 Å². The summed E-state index contributed by atoms with van der Waals surface area (Å²) in [5, 5.41) is 12.7. The van der Waals surface area contributed by atoms with Crippen LogP contribution in [0.2, 0.25) is 0 Å². The third-order valence-corrected chi connectivity index (χ3v) is 2.96. The molecule has 2 nitrogen and oxygen atoms in total. The third-order valence-electron chi connectivity index (χ3n) is 2.96. The monoisotopic (exact) mass is 235 g/mol. The lowest BCUT2D eigenvalue weighted by atomic mass is 10.0. The fraction of sp³-hybridized carbons (Fsp3) is 0.600. The number of hydrogen-bond acceptors (Lipinski definition) is 2. The number of aliphatic hydroxyl groups is 1. The lowest BCUT2D eigenvalue weighted by molar-refractivity contribution is 0.184. The van der Waals surface area contributed by atoms with Crippen molar-refractivity contribution in [1.29, 1.82) is 0 Å². The number of hydrogen-bond donors (Lipinski definition) is 2. The van der Waals surface area contributed by atoms with Crippen molar-refractivity contribution in [2.24, 2.45) is 0 Å². The highest BCUT2D eigenvalue weighted by atomic mass is 16.3. The molecular weight excluding hydrogens is 210 g/mol. The minimum atomic E-state index is -0.258. The topological polar surface area (TPSA) is 32.3 Å². The van der Waals surface area contributed by atoms with Crippen LogP contribution in [-0.2, 0) is 6.42 Å². The van der Waals surface area contributed by atoms with Gasteiger partial charge < -0.3 is 10.4 Å². The number of benzene rings is 1. The standard InChI is InChI=1S/C15H25NO/c1-3-7-15(16-12-13(2)17)11-10-14-8-5-4-6-9-14/h4-6,8-9,13,15-17H,3,7,10-12H2,1-2H3. The van der Waals surface area contributed by atoms with Crippen molar-refractivity contribution in [3.05, 3.63) is 35.9 Å². The van der Waals surface area contributed by atoms with E-state index in [9.17, 15) is 5.11 Å². The number of nitrogens with one attached hydrogen (secondary N) is 1. The zero-order chi connectivity index (χ0) is 12.5. The molecule has 0 bridgehead atoms. The van der Waals surface area contributed by atoms with E-state index in [1.54, 1.807) is 0 Å². The molecule has 2 heteroatoms. The normalized spacial score (nSPS) is 14.5. The van der Waals surface area contributed by atoms with Crippen LogP contribution in [0.3, 0.4) is 0 Å². The average Bonchev–Trinajstić information content (AvgIpc) is 2.34. The maximum absolute atomic E-state index is 9.29. The molecule has 1 aromatic carbocycles. The fourth-order valence-electron chi connectivity index (χ4n) is 2.02. The highest BCUT2D eigenvalue weighted by Crippen LogP contribution is 2.08. The summed E-state index contributed by atoms with van der Waals surface area (Å²) in [7, 11) is 0. The van der Waals surface area contributed by atoms with E-state index in [0.717, 1.165) is 12.8 Å². The maximum Gasteiger partial charge on any atom is 0.0636 e. The molecule has 0 heterocycles. The van der Waals surface area contributed by atoms with Crippen LogP contribution in [0.15, 0.2) is 30.3 Å². The third kappa shape index (κ3) is 6.44. The zero-order valence-electron chi connectivity index (χ0n) is 11.0. The van der Waals surface area contributed by atoms with Crippen LogP contribution in [0.1, 0.15) is 38.7 Å². The van der Waals surface area contributed by atoms with E-state index >= 15 is 0 Å². The van der Waals surface area contributed by atoms with Crippen molar-refractivity contribution in [3.63, 3.8) is 0 Å². The smallest absolute Gasteiger partial charge is 0.0636 e. The van der Waals surface area contributed by atoms with Gasteiger partial charge in [-0.05, 0) is 31.7 Å². The van der Waals surface area contributed by atoms with E-state index in [2.05, 4.69) is 42.6 Å². The van der Waals surface area contributed by atoms with Crippen LogP contribution in [-0.4, -0.2) is 23.8 Å². The van der Waals surface area contributed by atoms with Crippen molar-refractivity contribution in [2.75, 3.05) is 6.54 Å². The Morgan fingerprint density at radius 2 is 1.88 bits per heavy atom. The Morgan fingerprint density at radius 3 is 2.47 bits per heavy atom. The maximum atomic E-state index is 9.29. The first-order valence-corrected chi connectivity index (χ1v) is 6.67. The Bertz CT molecular complexity index is 284. The highest BCUT2D eigenvalue weighted by Gasteiger charge is 2.08. The molecule has 0 aliphatic carbocycles. The van der Waals surface area contributed by atoms with Crippen molar-refractivity contribution >= 4 is 0 Å². The van der Waals surface area contributed by atoms with Gasteiger partial charge >= 0.3 is 0 Å².